The molecular weight excluding hydrogens is 234 g/mol. The van der Waals surface area contributed by atoms with Crippen molar-refractivity contribution in [1.82, 2.24) is 4.98 Å². The number of nitrogens with zero attached hydrogens (tertiary/aromatic N) is 2. The largest absolute Gasteiger partial charge is 0.366 e. The molecule has 0 fully saturated rings. The molecule has 0 spiro atoms. The van der Waals surface area contributed by atoms with Crippen molar-refractivity contribution in [2.75, 3.05) is 5.32 Å². The van der Waals surface area contributed by atoms with Gasteiger partial charge in [-0.1, -0.05) is 24.3 Å². The summed E-state index contributed by atoms with van der Waals surface area (Å²) in [5.74, 6) is 0.703. The first-order chi connectivity index (χ1) is 9.36. The molecule has 1 aliphatic carbocycles. The van der Waals surface area contributed by atoms with Crippen LogP contribution in [0, 0.1) is 11.3 Å². The standard InChI is InChI=1S/C16H15N3/c17-11-14-6-3-9-18-16(14)19-15-8-7-12-4-1-2-5-13(12)10-15/h1-6,9,15H,7-8,10H2,(H,18,19)/t15-/m1/s1. The maximum Gasteiger partial charge on any atom is 0.144 e. The second-order valence-electron chi connectivity index (χ2n) is 4.86. The van der Waals surface area contributed by atoms with Gasteiger partial charge < -0.3 is 5.32 Å². The van der Waals surface area contributed by atoms with E-state index in [1.54, 1.807) is 18.3 Å². The van der Waals surface area contributed by atoms with E-state index in [-0.39, 0.29) is 0 Å². The Kier molecular flexibility index (Phi) is 3.16. The van der Waals surface area contributed by atoms with Gasteiger partial charge in [-0.25, -0.2) is 4.98 Å². The molecule has 0 amide bonds. The molecule has 2 aromatic rings. The van der Waals surface area contributed by atoms with Gasteiger partial charge in [0, 0.05) is 12.2 Å². The molecule has 1 atom stereocenters. The number of nitrogens with one attached hydrogen (secondary N) is 1. The summed E-state index contributed by atoms with van der Waals surface area (Å²) in [7, 11) is 0. The lowest BCUT2D eigenvalue weighted by molar-refractivity contribution is 0.608. The first-order valence-corrected chi connectivity index (χ1v) is 6.55. The van der Waals surface area contributed by atoms with E-state index in [1.165, 1.54) is 11.1 Å². The maximum absolute atomic E-state index is 9.08. The minimum Gasteiger partial charge on any atom is -0.366 e. The van der Waals surface area contributed by atoms with Crippen molar-refractivity contribution in [2.45, 2.75) is 25.3 Å². The van der Waals surface area contributed by atoms with E-state index >= 15 is 0 Å². The van der Waals surface area contributed by atoms with E-state index in [0.717, 1.165) is 19.3 Å². The molecule has 3 rings (SSSR count). The summed E-state index contributed by atoms with van der Waals surface area (Å²) in [6, 6.07) is 14.7. The fourth-order valence-electron chi connectivity index (χ4n) is 2.62. The zero-order chi connectivity index (χ0) is 13.1. The highest BCUT2D eigenvalue weighted by molar-refractivity contribution is 5.52. The molecule has 0 radical (unpaired) electrons. The molecule has 1 N–H and O–H groups in total. The summed E-state index contributed by atoms with van der Waals surface area (Å²) in [4.78, 5) is 4.27. The molecule has 0 saturated carbocycles. The van der Waals surface area contributed by atoms with Gasteiger partial charge in [-0.15, -0.1) is 0 Å². The molecule has 0 unspecified atom stereocenters. The van der Waals surface area contributed by atoms with Gasteiger partial charge in [-0.05, 0) is 42.5 Å². The quantitative estimate of drug-likeness (QED) is 0.890. The molecule has 1 aromatic heterocycles. The lowest BCUT2D eigenvalue weighted by Gasteiger charge is -2.26. The topological polar surface area (TPSA) is 48.7 Å². The van der Waals surface area contributed by atoms with Crippen LogP contribution in [0.1, 0.15) is 23.1 Å². The van der Waals surface area contributed by atoms with Crippen LogP contribution in [0.5, 0.6) is 0 Å². The van der Waals surface area contributed by atoms with Crippen LogP contribution < -0.4 is 5.32 Å². The molecule has 0 bridgehead atoms. The highest BCUT2D eigenvalue weighted by atomic mass is 15.0. The van der Waals surface area contributed by atoms with Crippen molar-refractivity contribution in [3.05, 3.63) is 59.3 Å². The Morgan fingerprint density at radius 3 is 2.84 bits per heavy atom. The van der Waals surface area contributed by atoms with Gasteiger partial charge in [-0.3, -0.25) is 0 Å². The summed E-state index contributed by atoms with van der Waals surface area (Å²) in [6.45, 7) is 0. The monoisotopic (exact) mass is 249 g/mol. The van der Waals surface area contributed by atoms with Crippen molar-refractivity contribution in [3.8, 4) is 6.07 Å². The van der Waals surface area contributed by atoms with Crippen molar-refractivity contribution < 1.29 is 0 Å². The number of hydrogen-bond donors (Lipinski definition) is 1. The van der Waals surface area contributed by atoms with E-state index < -0.39 is 0 Å². The van der Waals surface area contributed by atoms with Gasteiger partial charge in [0.25, 0.3) is 0 Å². The van der Waals surface area contributed by atoms with Gasteiger partial charge in [0.2, 0.25) is 0 Å². The summed E-state index contributed by atoms with van der Waals surface area (Å²) in [6.07, 6.45) is 4.89. The van der Waals surface area contributed by atoms with Crippen molar-refractivity contribution in [2.24, 2.45) is 0 Å². The van der Waals surface area contributed by atoms with E-state index in [0.29, 0.717) is 17.4 Å². The third-order valence-electron chi connectivity index (χ3n) is 3.62. The van der Waals surface area contributed by atoms with Gasteiger partial charge in [0.15, 0.2) is 0 Å². The third-order valence-corrected chi connectivity index (χ3v) is 3.62. The molecule has 94 valence electrons. The molecule has 1 heterocycles. The summed E-state index contributed by atoms with van der Waals surface area (Å²) in [5, 5.41) is 12.5. The van der Waals surface area contributed by atoms with Gasteiger partial charge in [-0.2, -0.15) is 5.26 Å². The van der Waals surface area contributed by atoms with E-state index in [4.69, 9.17) is 5.26 Å². The van der Waals surface area contributed by atoms with Crippen LogP contribution in [-0.2, 0) is 12.8 Å². The highest BCUT2D eigenvalue weighted by Crippen LogP contribution is 2.23. The predicted molar refractivity (Wildman–Crippen MR) is 74.8 cm³/mol. The van der Waals surface area contributed by atoms with Crippen LogP contribution >= 0.6 is 0 Å². The first-order valence-electron chi connectivity index (χ1n) is 6.55. The Morgan fingerprint density at radius 2 is 2.00 bits per heavy atom. The first kappa shape index (κ1) is 11.7. The molecule has 1 aliphatic rings. The second kappa shape index (κ2) is 5.11. The Balaban J connectivity index is 1.78. The SMILES string of the molecule is N#Cc1cccnc1N[C@@H]1CCc2ccccc2C1. The molecular formula is C16H15N3. The number of aromatic nitrogens is 1. The minimum atomic E-state index is 0.358. The number of fused-ring (bicyclic) bond motifs is 1. The van der Waals surface area contributed by atoms with Crippen LogP contribution in [0.2, 0.25) is 0 Å². The van der Waals surface area contributed by atoms with E-state index in [9.17, 15) is 0 Å². The van der Waals surface area contributed by atoms with Crippen LogP contribution in [0.3, 0.4) is 0 Å². The minimum absolute atomic E-state index is 0.358. The Hall–Kier alpha value is -2.34. The highest BCUT2D eigenvalue weighted by Gasteiger charge is 2.19. The molecule has 3 heteroatoms. The van der Waals surface area contributed by atoms with Gasteiger partial charge >= 0.3 is 0 Å². The Bertz CT molecular complexity index is 628. The van der Waals surface area contributed by atoms with Crippen LogP contribution in [0.4, 0.5) is 5.82 Å². The van der Waals surface area contributed by atoms with E-state index in [2.05, 4.69) is 40.6 Å². The van der Waals surface area contributed by atoms with Crippen LogP contribution in [-0.4, -0.2) is 11.0 Å². The number of rotatable bonds is 2. The number of benzene rings is 1. The third kappa shape index (κ3) is 2.43. The summed E-state index contributed by atoms with van der Waals surface area (Å²) in [5.41, 5.74) is 3.46. The van der Waals surface area contributed by atoms with E-state index in [1.807, 2.05) is 0 Å². The average molecular weight is 249 g/mol. The van der Waals surface area contributed by atoms with Crippen molar-refractivity contribution >= 4 is 5.82 Å². The fourth-order valence-corrected chi connectivity index (χ4v) is 2.62. The lowest BCUT2D eigenvalue weighted by Crippen LogP contribution is -2.28. The number of pyridine rings is 1. The van der Waals surface area contributed by atoms with Crippen molar-refractivity contribution in [3.63, 3.8) is 0 Å². The number of anilines is 1. The zero-order valence-corrected chi connectivity index (χ0v) is 10.6. The number of nitriles is 1. The van der Waals surface area contributed by atoms with Gasteiger partial charge in [0.05, 0.1) is 5.56 Å². The average Bonchev–Trinajstić information content (AvgIpc) is 2.48. The Labute approximate surface area is 112 Å². The van der Waals surface area contributed by atoms with Crippen LogP contribution in [0.15, 0.2) is 42.6 Å². The fraction of sp³-hybridized carbons (Fsp3) is 0.250. The van der Waals surface area contributed by atoms with Crippen molar-refractivity contribution in [1.29, 1.82) is 5.26 Å². The van der Waals surface area contributed by atoms with Gasteiger partial charge in [0.1, 0.15) is 11.9 Å². The molecule has 1 aromatic carbocycles. The Morgan fingerprint density at radius 1 is 1.16 bits per heavy atom. The predicted octanol–water partition coefficient (Wildman–Crippen LogP) is 2.92. The lowest BCUT2D eigenvalue weighted by atomic mass is 9.88. The number of aryl methyl sites for hydroxylation is 1. The van der Waals surface area contributed by atoms with Crippen LogP contribution in [0.25, 0.3) is 0 Å². The molecule has 0 aliphatic heterocycles. The maximum atomic E-state index is 9.08. The molecule has 3 nitrogen and oxygen atoms in total. The normalized spacial score (nSPS) is 17.3. The summed E-state index contributed by atoms with van der Waals surface area (Å²) < 4.78 is 0. The zero-order valence-electron chi connectivity index (χ0n) is 10.6. The smallest absolute Gasteiger partial charge is 0.144 e. The second-order valence-corrected chi connectivity index (χ2v) is 4.86. The molecule has 19 heavy (non-hydrogen) atoms. The summed E-state index contributed by atoms with van der Waals surface area (Å²) >= 11 is 0. The number of hydrogen-bond acceptors (Lipinski definition) is 3. The molecule has 0 saturated heterocycles.